The van der Waals surface area contributed by atoms with Crippen molar-refractivity contribution in [3.8, 4) is 0 Å². The lowest BCUT2D eigenvalue weighted by molar-refractivity contribution is -0.137. The lowest BCUT2D eigenvalue weighted by Gasteiger charge is -2.16. The molecule has 0 saturated carbocycles. The molecule has 0 aliphatic carbocycles. The van der Waals surface area contributed by atoms with Gasteiger partial charge in [0.15, 0.2) is 5.78 Å². The Morgan fingerprint density at radius 3 is 2.75 bits per heavy atom. The van der Waals surface area contributed by atoms with Gasteiger partial charge in [-0.05, 0) is 32.2 Å². The smallest absolute Gasteiger partial charge is 0.315 e. The summed E-state index contributed by atoms with van der Waals surface area (Å²) in [6.07, 6.45) is 4.89. The molecule has 2 aliphatic heterocycles. The van der Waals surface area contributed by atoms with E-state index in [1.54, 1.807) is 0 Å². The van der Waals surface area contributed by atoms with Crippen molar-refractivity contribution >= 4 is 29.4 Å². The molecule has 136 valence electrons. The van der Waals surface area contributed by atoms with Crippen LogP contribution in [0.1, 0.15) is 44.9 Å². The van der Waals surface area contributed by atoms with Crippen molar-refractivity contribution in [2.75, 3.05) is 12.3 Å². The largest absolute Gasteiger partial charge is 0.332 e. The van der Waals surface area contributed by atoms with E-state index in [0.29, 0.717) is 24.6 Å². The summed E-state index contributed by atoms with van der Waals surface area (Å²) in [6, 6.07) is -0.354. The highest BCUT2D eigenvalue weighted by Crippen LogP contribution is 2.33. The topological polar surface area (TPSA) is 127 Å². The van der Waals surface area contributed by atoms with E-state index in [1.165, 1.54) is 0 Å². The molecule has 24 heavy (non-hydrogen) atoms. The maximum Gasteiger partial charge on any atom is 0.315 e. The second kappa shape index (κ2) is 9.39. The molecule has 2 amide bonds. The molecule has 8 heteroatoms. The van der Waals surface area contributed by atoms with Crippen LogP contribution in [0.2, 0.25) is 0 Å². The lowest BCUT2D eigenvalue weighted by Crippen LogP contribution is -2.37. The van der Waals surface area contributed by atoms with Gasteiger partial charge in [0.1, 0.15) is 0 Å². The monoisotopic (exact) mass is 356 g/mol. The number of carbonyl (C=O) groups excluding carboxylic acids is 3. The van der Waals surface area contributed by atoms with Crippen LogP contribution < -0.4 is 22.1 Å². The van der Waals surface area contributed by atoms with Gasteiger partial charge in [0.05, 0.1) is 18.1 Å². The molecular weight excluding hydrogens is 328 g/mol. The molecule has 0 aromatic carbocycles. The molecule has 6 N–H and O–H groups in total. The predicted molar refractivity (Wildman–Crippen MR) is 94.9 cm³/mol. The van der Waals surface area contributed by atoms with Crippen LogP contribution in [0.5, 0.6) is 0 Å². The zero-order valence-electron chi connectivity index (χ0n) is 14.0. The van der Waals surface area contributed by atoms with Gasteiger partial charge in [-0.25, -0.2) is 4.79 Å². The van der Waals surface area contributed by atoms with Crippen LogP contribution in [0, 0.1) is 0 Å². The molecule has 2 saturated heterocycles. The molecule has 0 aromatic rings. The summed E-state index contributed by atoms with van der Waals surface area (Å²) in [4.78, 5) is 35.1. The second-order valence-corrected chi connectivity index (χ2v) is 7.82. The van der Waals surface area contributed by atoms with Gasteiger partial charge in [-0.1, -0.05) is 12.8 Å². The van der Waals surface area contributed by atoms with Gasteiger partial charge in [0.25, 0.3) is 0 Å². The first-order valence-corrected chi connectivity index (χ1v) is 9.79. The second-order valence-electron chi connectivity index (χ2n) is 6.55. The van der Waals surface area contributed by atoms with Gasteiger partial charge in [-0.2, -0.15) is 11.8 Å². The first-order chi connectivity index (χ1) is 11.5. The van der Waals surface area contributed by atoms with Crippen molar-refractivity contribution in [1.29, 1.82) is 0 Å². The van der Waals surface area contributed by atoms with E-state index in [0.717, 1.165) is 31.4 Å². The summed E-state index contributed by atoms with van der Waals surface area (Å²) in [5, 5.41) is 6.25. The number of Topliss-reactive ketones (excluding diaryl/α,β-unsaturated/α-hetero) is 2. The highest BCUT2D eigenvalue weighted by atomic mass is 32.2. The summed E-state index contributed by atoms with van der Waals surface area (Å²) in [7, 11) is 0. The van der Waals surface area contributed by atoms with Crippen LogP contribution in [-0.4, -0.2) is 53.3 Å². The third-order valence-corrected chi connectivity index (χ3v) is 6.17. The zero-order valence-corrected chi connectivity index (χ0v) is 14.8. The minimum atomic E-state index is -0.685. The number of nitrogens with two attached hydrogens (primary N) is 2. The van der Waals surface area contributed by atoms with Crippen LogP contribution in [-0.2, 0) is 9.59 Å². The zero-order chi connectivity index (χ0) is 17.5. The quantitative estimate of drug-likeness (QED) is 0.240. The normalized spacial score (nSPS) is 26.6. The lowest BCUT2D eigenvalue weighted by atomic mass is 9.98. The number of urea groups is 1. The number of ketones is 2. The fourth-order valence-corrected chi connectivity index (χ4v) is 4.79. The Morgan fingerprint density at radius 1 is 1.21 bits per heavy atom. The predicted octanol–water partition coefficient (Wildman–Crippen LogP) is 0.307. The Morgan fingerprint density at radius 2 is 2.00 bits per heavy atom. The molecule has 2 fully saturated rings. The molecule has 7 nitrogen and oxygen atoms in total. The standard InChI is InChI=1S/C16H28N4O3S/c17-8-4-3-5-10(18)15(22)12(21)6-1-2-7-13-14-11(9-24-13)19-16(23)20-14/h10-11,13-14H,1-9,17-18H2,(H2,19,20,23)/t10-,11-,13-,14-/m0/s1. The van der Waals surface area contributed by atoms with Crippen molar-refractivity contribution in [1.82, 2.24) is 10.6 Å². The van der Waals surface area contributed by atoms with Crippen molar-refractivity contribution in [3.05, 3.63) is 0 Å². The Hall–Kier alpha value is -1.12. The van der Waals surface area contributed by atoms with E-state index >= 15 is 0 Å². The Labute approximate surface area is 147 Å². The van der Waals surface area contributed by atoms with Crippen LogP contribution in [0.25, 0.3) is 0 Å². The Kier molecular flexibility index (Phi) is 7.51. The third kappa shape index (κ3) is 5.19. The summed E-state index contributed by atoms with van der Waals surface area (Å²) < 4.78 is 0. The fraction of sp³-hybridized carbons (Fsp3) is 0.812. The summed E-state index contributed by atoms with van der Waals surface area (Å²) in [6.45, 7) is 0.575. The molecule has 0 bridgehead atoms. The van der Waals surface area contributed by atoms with Gasteiger partial charge >= 0.3 is 6.03 Å². The number of unbranched alkanes of at least 4 members (excludes halogenated alkanes) is 2. The van der Waals surface area contributed by atoms with Crippen LogP contribution in [0.4, 0.5) is 4.79 Å². The number of rotatable bonds is 11. The maximum absolute atomic E-state index is 11.9. The van der Waals surface area contributed by atoms with Gasteiger partial charge in [-0.15, -0.1) is 0 Å². The molecule has 2 rings (SSSR count). The number of thioether (sulfide) groups is 1. The highest BCUT2D eigenvalue weighted by Gasteiger charge is 2.42. The number of carbonyl (C=O) groups is 3. The number of hydrogen-bond acceptors (Lipinski definition) is 6. The number of amides is 2. The molecule has 2 heterocycles. The molecule has 0 radical (unpaired) electrons. The molecular formula is C16H28N4O3S. The summed E-state index contributed by atoms with van der Waals surface area (Å²) >= 11 is 1.86. The molecule has 2 aliphatic rings. The molecule has 4 atom stereocenters. The van der Waals surface area contributed by atoms with Crippen molar-refractivity contribution < 1.29 is 14.4 Å². The minimum Gasteiger partial charge on any atom is -0.332 e. The summed E-state index contributed by atoms with van der Waals surface area (Å²) in [5.41, 5.74) is 11.2. The Balaban J connectivity index is 1.60. The van der Waals surface area contributed by atoms with Gasteiger partial charge in [0.2, 0.25) is 5.78 Å². The van der Waals surface area contributed by atoms with Crippen molar-refractivity contribution in [2.24, 2.45) is 11.5 Å². The molecule has 0 unspecified atom stereocenters. The number of fused-ring (bicyclic) bond motifs is 1. The average molecular weight is 356 g/mol. The van der Waals surface area contributed by atoms with E-state index in [9.17, 15) is 14.4 Å². The van der Waals surface area contributed by atoms with Crippen LogP contribution >= 0.6 is 11.8 Å². The van der Waals surface area contributed by atoms with Crippen molar-refractivity contribution in [3.63, 3.8) is 0 Å². The van der Waals surface area contributed by atoms with E-state index in [4.69, 9.17) is 11.5 Å². The number of nitrogens with one attached hydrogen (secondary N) is 2. The molecule has 0 aromatic heterocycles. The number of hydrogen-bond donors (Lipinski definition) is 4. The van der Waals surface area contributed by atoms with E-state index < -0.39 is 11.8 Å². The SMILES string of the molecule is NCCCC[C@H](N)C(=O)C(=O)CCCC[C@@H]1SC[C@@H]2NC(=O)N[C@@H]21. The van der Waals surface area contributed by atoms with E-state index in [-0.39, 0.29) is 30.3 Å². The van der Waals surface area contributed by atoms with E-state index in [2.05, 4.69) is 10.6 Å². The molecule has 0 spiro atoms. The van der Waals surface area contributed by atoms with Gasteiger partial charge in [0, 0.05) is 17.4 Å². The third-order valence-electron chi connectivity index (χ3n) is 4.66. The first-order valence-electron chi connectivity index (χ1n) is 8.74. The minimum absolute atomic E-state index is 0.0836. The van der Waals surface area contributed by atoms with E-state index in [1.807, 2.05) is 11.8 Å². The fourth-order valence-electron chi connectivity index (χ4n) is 3.24. The van der Waals surface area contributed by atoms with Gasteiger partial charge in [-0.3, -0.25) is 9.59 Å². The Bertz CT molecular complexity index is 474. The maximum atomic E-state index is 11.9. The first kappa shape index (κ1) is 19.2. The van der Waals surface area contributed by atoms with Crippen LogP contribution in [0.15, 0.2) is 0 Å². The van der Waals surface area contributed by atoms with Crippen LogP contribution in [0.3, 0.4) is 0 Å². The average Bonchev–Trinajstić information content (AvgIpc) is 3.10. The van der Waals surface area contributed by atoms with Gasteiger partial charge < -0.3 is 22.1 Å². The highest BCUT2D eigenvalue weighted by molar-refractivity contribution is 8.00. The summed E-state index contributed by atoms with van der Waals surface area (Å²) in [5.74, 6) is 0.126. The van der Waals surface area contributed by atoms with Crippen molar-refractivity contribution in [2.45, 2.75) is 68.3 Å².